The van der Waals surface area contributed by atoms with Crippen LogP contribution in [0.15, 0.2) is 24.3 Å². The molecule has 0 heterocycles. The first-order chi connectivity index (χ1) is 9.59. The molecule has 0 amide bonds. The van der Waals surface area contributed by atoms with Crippen LogP contribution in [0.5, 0.6) is 0 Å². The molecular formula is C16H22ClNO2. The number of hydrogen-bond donors (Lipinski definition) is 1. The molecule has 1 aliphatic rings. The maximum Gasteiger partial charge on any atom is 0.165 e. The maximum atomic E-state index is 12.2. The Hall–Kier alpha value is -0.900. The van der Waals surface area contributed by atoms with E-state index in [4.69, 9.17) is 11.6 Å². The Kier molecular flexibility index (Phi) is 5.58. The van der Waals surface area contributed by atoms with Crippen molar-refractivity contribution in [2.75, 3.05) is 13.6 Å². The van der Waals surface area contributed by atoms with Crippen LogP contribution in [-0.2, 0) is 0 Å². The largest absolute Gasteiger partial charge is 0.391 e. The van der Waals surface area contributed by atoms with Crippen molar-refractivity contribution in [3.63, 3.8) is 0 Å². The summed E-state index contributed by atoms with van der Waals surface area (Å²) in [7, 11) is 1.99. The van der Waals surface area contributed by atoms with E-state index in [1.165, 1.54) is 0 Å². The number of rotatable bonds is 5. The van der Waals surface area contributed by atoms with Gasteiger partial charge in [-0.15, -0.1) is 0 Å². The number of carbonyl (C=O) groups is 1. The van der Waals surface area contributed by atoms with Gasteiger partial charge in [-0.25, -0.2) is 0 Å². The third-order valence-electron chi connectivity index (χ3n) is 4.13. The number of aliphatic hydroxyl groups is 1. The first kappa shape index (κ1) is 15.5. The van der Waals surface area contributed by atoms with Crippen LogP contribution < -0.4 is 0 Å². The van der Waals surface area contributed by atoms with E-state index in [1.807, 2.05) is 19.2 Å². The van der Waals surface area contributed by atoms with E-state index in [9.17, 15) is 9.90 Å². The van der Waals surface area contributed by atoms with Crippen LogP contribution in [0, 0.1) is 0 Å². The number of nitrogens with zero attached hydrogens (tertiary/aromatic N) is 1. The van der Waals surface area contributed by atoms with Gasteiger partial charge in [-0.2, -0.15) is 0 Å². The Balaban J connectivity index is 1.88. The molecule has 110 valence electrons. The van der Waals surface area contributed by atoms with Gasteiger partial charge in [0.2, 0.25) is 0 Å². The van der Waals surface area contributed by atoms with Gasteiger partial charge in [0, 0.05) is 24.6 Å². The van der Waals surface area contributed by atoms with Crippen LogP contribution in [0.4, 0.5) is 0 Å². The van der Waals surface area contributed by atoms with Gasteiger partial charge < -0.3 is 10.0 Å². The van der Waals surface area contributed by atoms with Crippen LogP contribution in [0.25, 0.3) is 0 Å². The van der Waals surface area contributed by atoms with E-state index in [0.29, 0.717) is 23.6 Å². The fraction of sp³-hybridized carbons (Fsp3) is 0.562. The molecule has 0 aromatic heterocycles. The summed E-state index contributed by atoms with van der Waals surface area (Å²) in [4.78, 5) is 14.3. The van der Waals surface area contributed by atoms with Crippen molar-refractivity contribution >= 4 is 17.4 Å². The number of aliphatic hydroxyl groups excluding tert-OH is 1. The van der Waals surface area contributed by atoms with Crippen LogP contribution >= 0.6 is 11.6 Å². The van der Waals surface area contributed by atoms with Gasteiger partial charge in [0.05, 0.1) is 11.1 Å². The summed E-state index contributed by atoms with van der Waals surface area (Å²) in [6, 6.07) is 7.34. The average molecular weight is 296 g/mol. The van der Waals surface area contributed by atoms with Crippen LogP contribution in [0.2, 0.25) is 5.02 Å². The molecule has 0 aliphatic heterocycles. The molecule has 2 atom stereocenters. The third kappa shape index (κ3) is 3.81. The summed E-state index contributed by atoms with van der Waals surface area (Å²) >= 11 is 6.03. The molecule has 1 N–H and O–H groups in total. The Bertz CT molecular complexity index is 464. The summed E-state index contributed by atoms with van der Waals surface area (Å²) in [5, 5.41) is 10.5. The number of benzene rings is 1. The Labute approximate surface area is 125 Å². The Morgan fingerprint density at radius 3 is 2.75 bits per heavy atom. The quantitative estimate of drug-likeness (QED) is 0.848. The lowest BCUT2D eigenvalue weighted by Crippen LogP contribution is -2.44. The second-order valence-corrected chi connectivity index (χ2v) is 5.96. The van der Waals surface area contributed by atoms with E-state index in [-0.39, 0.29) is 17.9 Å². The summed E-state index contributed by atoms with van der Waals surface area (Å²) in [5.41, 5.74) is 0.590. The van der Waals surface area contributed by atoms with Crippen molar-refractivity contribution in [1.29, 1.82) is 0 Å². The standard InChI is InChI=1S/C16H22ClNO2/c1-18(14-8-4-5-9-16(14)20)11-10-15(19)12-6-2-3-7-13(12)17/h2-3,6-7,14,16,20H,4-5,8-11H2,1H3. The van der Waals surface area contributed by atoms with Crippen molar-refractivity contribution in [2.24, 2.45) is 0 Å². The van der Waals surface area contributed by atoms with Gasteiger partial charge in [-0.3, -0.25) is 4.79 Å². The minimum atomic E-state index is -0.260. The average Bonchev–Trinajstić information content (AvgIpc) is 2.45. The number of halogens is 1. The molecule has 2 unspecified atom stereocenters. The van der Waals surface area contributed by atoms with Gasteiger partial charge >= 0.3 is 0 Å². The SMILES string of the molecule is CN(CCC(=O)c1ccccc1Cl)C1CCCCC1O. The molecule has 2 rings (SSSR count). The van der Waals surface area contributed by atoms with Gasteiger partial charge in [-0.1, -0.05) is 36.6 Å². The first-order valence-corrected chi connectivity index (χ1v) is 7.63. The molecule has 1 fully saturated rings. The van der Waals surface area contributed by atoms with Gasteiger partial charge in [0.1, 0.15) is 0 Å². The Morgan fingerprint density at radius 1 is 1.35 bits per heavy atom. The summed E-state index contributed by atoms with van der Waals surface area (Å²) in [6.07, 6.45) is 4.31. The van der Waals surface area contributed by atoms with Gasteiger partial charge in [0.25, 0.3) is 0 Å². The minimum Gasteiger partial charge on any atom is -0.391 e. The smallest absolute Gasteiger partial charge is 0.165 e. The molecule has 1 aliphatic carbocycles. The molecule has 1 aromatic carbocycles. The topological polar surface area (TPSA) is 40.5 Å². The summed E-state index contributed by atoms with van der Waals surface area (Å²) in [6.45, 7) is 0.659. The predicted octanol–water partition coefficient (Wildman–Crippen LogP) is 3.15. The second-order valence-electron chi connectivity index (χ2n) is 5.55. The lowest BCUT2D eigenvalue weighted by Gasteiger charge is -2.35. The highest BCUT2D eigenvalue weighted by Gasteiger charge is 2.26. The number of Topliss-reactive ketones (excluding diaryl/α,β-unsaturated/α-hetero) is 1. The zero-order chi connectivity index (χ0) is 14.5. The van der Waals surface area contributed by atoms with Crippen molar-refractivity contribution in [3.05, 3.63) is 34.9 Å². The van der Waals surface area contributed by atoms with Crippen LogP contribution in [0.1, 0.15) is 42.5 Å². The second kappa shape index (κ2) is 7.21. The van der Waals surface area contributed by atoms with E-state index in [1.54, 1.807) is 12.1 Å². The van der Waals surface area contributed by atoms with Crippen molar-refractivity contribution in [2.45, 2.75) is 44.2 Å². The molecule has 4 heteroatoms. The molecule has 1 saturated carbocycles. The maximum absolute atomic E-state index is 12.2. The number of carbonyl (C=O) groups excluding carboxylic acids is 1. The van der Waals surface area contributed by atoms with Gasteiger partial charge in [0.15, 0.2) is 5.78 Å². The lowest BCUT2D eigenvalue weighted by molar-refractivity contribution is 0.0315. The molecule has 20 heavy (non-hydrogen) atoms. The summed E-state index contributed by atoms with van der Waals surface area (Å²) < 4.78 is 0. The molecule has 0 spiro atoms. The zero-order valence-corrected chi connectivity index (χ0v) is 12.6. The zero-order valence-electron chi connectivity index (χ0n) is 11.9. The van der Waals surface area contributed by atoms with E-state index >= 15 is 0 Å². The van der Waals surface area contributed by atoms with Crippen molar-refractivity contribution < 1.29 is 9.90 Å². The molecular weight excluding hydrogens is 274 g/mol. The number of likely N-dealkylation sites (N-methyl/N-ethyl adjacent to an activating group) is 1. The van der Waals surface area contributed by atoms with Crippen molar-refractivity contribution in [3.8, 4) is 0 Å². The molecule has 0 radical (unpaired) electrons. The minimum absolute atomic E-state index is 0.0627. The normalized spacial score (nSPS) is 23.0. The van der Waals surface area contributed by atoms with Crippen LogP contribution in [-0.4, -0.2) is 41.5 Å². The number of ketones is 1. The Morgan fingerprint density at radius 2 is 2.05 bits per heavy atom. The van der Waals surface area contributed by atoms with E-state index in [2.05, 4.69) is 4.90 Å². The molecule has 0 saturated heterocycles. The monoisotopic (exact) mass is 295 g/mol. The third-order valence-corrected chi connectivity index (χ3v) is 4.46. The highest BCUT2D eigenvalue weighted by molar-refractivity contribution is 6.33. The van der Waals surface area contributed by atoms with Crippen LogP contribution in [0.3, 0.4) is 0 Å². The predicted molar refractivity (Wildman–Crippen MR) is 81.3 cm³/mol. The summed E-state index contributed by atoms with van der Waals surface area (Å²) in [5.74, 6) is 0.0627. The highest BCUT2D eigenvalue weighted by atomic mass is 35.5. The van der Waals surface area contributed by atoms with Gasteiger partial charge in [-0.05, 0) is 32.0 Å². The molecule has 3 nitrogen and oxygen atoms in total. The highest BCUT2D eigenvalue weighted by Crippen LogP contribution is 2.23. The fourth-order valence-electron chi connectivity index (χ4n) is 2.87. The number of hydrogen-bond acceptors (Lipinski definition) is 3. The van der Waals surface area contributed by atoms with E-state index < -0.39 is 0 Å². The fourth-order valence-corrected chi connectivity index (χ4v) is 3.11. The molecule has 0 bridgehead atoms. The van der Waals surface area contributed by atoms with E-state index in [0.717, 1.165) is 25.7 Å². The van der Waals surface area contributed by atoms with Crippen molar-refractivity contribution in [1.82, 2.24) is 4.90 Å². The lowest BCUT2D eigenvalue weighted by atomic mass is 9.91. The molecule has 1 aromatic rings. The first-order valence-electron chi connectivity index (χ1n) is 7.25.